The molecule has 117 heavy (non-hydrogen) atoms. The van der Waals surface area contributed by atoms with Gasteiger partial charge in [-0.2, -0.15) is 0 Å². The summed E-state index contributed by atoms with van der Waals surface area (Å²) < 4.78 is 62.1. The second kappa shape index (κ2) is 26.5. The van der Waals surface area contributed by atoms with Gasteiger partial charge in [0.05, 0.1) is 33.6 Å². The molecule has 570 valence electrons. The highest BCUT2D eigenvalue weighted by Gasteiger charge is 2.55. The molecule has 0 N–H and O–H groups in total. The van der Waals surface area contributed by atoms with Gasteiger partial charge in [-0.25, -0.2) is 0 Å². The van der Waals surface area contributed by atoms with E-state index in [9.17, 15) is 0 Å². The molecule has 3 fully saturated rings. The standard InChI is InChI=1S/2C34H27BO3S.C34H27BO2S2/c1-33(2)34(3,4)38-35(37-33)28-16-9-15-25-24-14-8-13-23(31(24)36-32(25)28)21-12-7-10-20-18-27-22-11-5-6-17-29(22)39-30(27)19-26(20)21;1-33(2)34(3,4)38-35(37-33)22-14-16-27-26(19-22)24-15-13-21(17-28(24)36-27)31-23-10-6-5-9-20(23)18-30-32(31)25-11-7-8-12-29(25)39-30;1-33(2)34(3,4)37-35(36-33)25-13-9-15-28-31(25)24-18-21(16-17-27(24)38-28)30-22-11-6-5-10-20(22)19-29-32(30)23-12-7-8-14-26(23)39-29/h3*5-19H,1-4H3. The fourth-order valence-electron chi connectivity index (χ4n) is 17.9. The zero-order chi connectivity index (χ0) is 79.6. The maximum Gasteiger partial charge on any atom is 0.498 e. The first-order valence-electron chi connectivity index (χ1n) is 40.3. The van der Waals surface area contributed by atoms with E-state index in [0.717, 1.165) is 71.4 Å². The number of benzene rings is 15. The van der Waals surface area contributed by atoms with Crippen LogP contribution in [0.25, 0.3) is 190 Å². The minimum atomic E-state index is -0.485. The van der Waals surface area contributed by atoms with Crippen LogP contribution in [0.2, 0.25) is 0 Å². The summed E-state index contributed by atoms with van der Waals surface area (Å²) in [5, 5.41) is 22.3. The second-order valence-corrected chi connectivity index (χ2v) is 39.1. The van der Waals surface area contributed by atoms with E-state index in [4.69, 9.17) is 36.8 Å². The van der Waals surface area contributed by atoms with Gasteiger partial charge in [-0.1, -0.05) is 194 Å². The average molecular weight is 1600 g/mol. The van der Waals surface area contributed by atoms with E-state index in [1.807, 2.05) is 51.4 Å². The topological polar surface area (TPSA) is 81.7 Å². The summed E-state index contributed by atoms with van der Waals surface area (Å²) in [7, 11) is -1.29. The molecule has 15 aromatic carbocycles. The lowest BCUT2D eigenvalue weighted by molar-refractivity contribution is 0.00578. The van der Waals surface area contributed by atoms with E-state index in [1.165, 1.54) is 135 Å². The Hall–Kier alpha value is -10.5. The van der Waals surface area contributed by atoms with Crippen LogP contribution in [0.4, 0.5) is 0 Å². The quantitative estimate of drug-likeness (QED) is 0.152. The molecule has 15 heteroatoms. The first-order chi connectivity index (χ1) is 56.4. The minimum Gasteiger partial charge on any atom is -0.456 e. The van der Waals surface area contributed by atoms with Crippen LogP contribution in [-0.4, -0.2) is 55.0 Å². The lowest BCUT2D eigenvalue weighted by Crippen LogP contribution is -2.41. The lowest BCUT2D eigenvalue weighted by atomic mass is 9.76. The van der Waals surface area contributed by atoms with Gasteiger partial charge >= 0.3 is 21.4 Å². The molecule has 0 radical (unpaired) electrons. The van der Waals surface area contributed by atoms with E-state index in [-0.39, 0.29) is 22.4 Å². The number of hydrogen-bond donors (Lipinski definition) is 0. The molecular formula is C102H81B3O8S4. The SMILES string of the molecule is CC1(C)OB(c2ccc3oc4cc(-c5c6ccccc6cc6sc7ccccc7c56)ccc4c3c2)OC1(C)C.CC1(C)OB(c2cccc3c2oc2c(-c4cccc5cc6c(cc45)sc4ccccc46)cccc23)OC1(C)C.CC1(C)OB(c2cccc3sc4ccc(-c5c6ccccc6cc6sc7ccccc7c56)cc4c23)OC1(C)C. The Kier molecular flexibility index (Phi) is 16.5. The first-order valence-corrected chi connectivity index (χ1v) is 43.6. The maximum absolute atomic E-state index is 6.74. The molecule has 0 unspecified atom stereocenters. The number of hydrogen-bond acceptors (Lipinski definition) is 12. The Balaban J connectivity index is 0.000000106. The molecule has 0 saturated carbocycles. The van der Waals surface area contributed by atoms with Gasteiger partial charge in [0.1, 0.15) is 22.3 Å². The van der Waals surface area contributed by atoms with Crippen molar-refractivity contribution in [3.63, 3.8) is 0 Å². The van der Waals surface area contributed by atoms with Crippen LogP contribution >= 0.6 is 45.3 Å². The maximum atomic E-state index is 6.74. The molecule has 21 aromatic rings. The third-order valence-electron chi connectivity index (χ3n) is 26.1. The van der Waals surface area contributed by atoms with Gasteiger partial charge in [0, 0.05) is 113 Å². The molecule has 9 heterocycles. The smallest absolute Gasteiger partial charge is 0.456 e. The molecule has 3 aliphatic heterocycles. The Labute approximate surface area is 694 Å². The van der Waals surface area contributed by atoms with Crippen molar-refractivity contribution in [1.29, 1.82) is 0 Å². The summed E-state index contributed by atoms with van der Waals surface area (Å²) in [5.74, 6) is 0. The predicted molar refractivity (Wildman–Crippen MR) is 501 cm³/mol. The summed E-state index contributed by atoms with van der Waals surface area (Å²) in [6, 6.07) is 98.7. The average Bonchev–Trinajstić information content (AvgIpc) is 1.62. The van der Waals surface area contributed by atoms with Crippen molar-refractivity contribution >= 4 is 240 Å². The van der Waals surface area contributed by atoms with E-state index in [2.05, 4.69) is 350 Å². The van der Waals surface area contributed by atoms with Crippen LogP contribution in [0, 0.1) is 0 Å². The van der Waals surface area contributed by atoms with Crippen molar-refractivity contribution < 1.29 is 36.8 Å². The Morgan fingerprint density at radius 3 is 1.31 bits per heavy atom. The van der Waals surface area contributed by atoms with Crippen LogP contribution in [-0.2, 0) is 27.9 Å². The summed E-state index contributed by atoms with van der Waals surface area (Å²) in [5.41, 5.74) is 11.4. The third-order valence-corrected chi connectivity index (χ3v) is 30.6. The normalized spacial score (nSPS) is 16.9. The van der Waals surface area contributed by atoms with Gasteiger partial charge in [0.15, 0.2) is 0 Å². The molecule has 0 amide bonds. The number of para-hydroxylation sites is 2. The van der Waals surface area contributed by atoms with Gasteiger partial charge < -0.3 is 36.8 Å². The summed E-state index contributed by atoms with van der Waals surface area (Å²) >= 11 is 7.43. The van der Waals surface area contributed by atoms with Gasteiger partial charge in [0.25, 0.3) is 0 Å². The zero-order valence-corrected chi connectivity index (χ0v) is 70.4. The largest absolute Gasteiger partial charge is 0.498 e. The molecule has 3 saturated heterocycles. The van der Waals surface area contributed by atoms with Crippen LogP contribution in [0.3, 0.4) is 0 Å². The third kappa shape index (κ3) is 11.6. The van der Waals surface area contributed by atoms with E-state index >= 15 is 0 Å². The molecule has 24 rings (SSSR count). The van der Waals surface area contributed by atoms with Crippen LogP contribution in [0.15, 0.2) is 282 Å². The molecule has 3 aliphatic rings. The van der Waals surface area contributed by atoms with Gasteiger partial charge in [0.2, 0.25) is 0 Å². The number of rotatable bonds is 6. The second-order valence-electron chi connectivity index (χ2n) is 34.7. The van der Waals surface area contributed by atoms with Crippen molar-refractivity contribution in [2.45, 2.75) is 117 Å². The van der Waals surface area contributed by atoms with E-state index in [0.29, 0.717) is 0 Å². The summed E-state index contributed by atoms with van der Waals surface area (Å²) in [4.78, 5) is 0. The molecular weight excluding hydrogens is 1510 g/mol. The van der Waals surface area contributed by atoms with Gasteiger partial charge in [-0.15, -0.1) is 45.3 Å². The van der Waals surface area contributed by atoms with Gasteiger partial charge in [-0.3, -0.25) is 0 Å². The summed E-state index contributed by atoms with van der Waals surface area (Å²) in [6.45, 7) is 25.1. The fourth-order valence-corrected chi connectivity index (χ4v) is 22.5. The molecule has 8 nitrogen and oxygen atoms in total. The summed E-state index contributed by atoms with van der Waals surface area (Å²) in [6.07, 6.45) is 0. The molecule has 0 atom stereocenters. The number of furan rings is 2. The van der Waals surface area contributed by atoms with Crippen molar-refractivity contribution in [2.24, 2.45) is 0 Å². The van der Waals surface area contributed by atoms with Crippen molar-refractivity contribution in [3.05, 3.63) is 273 Å². The first kappa shape index (κ1) is 72.9. The number of thiophene rings is 4. The van der Waals surface area contributed by atoms with E-state index in [1.54, 1.807) is 0 Å². The van der Waals surface area contributed by atoms with Crippen LogP contribution in [0.1, 0.15) is 83.1 Å². The number of fused-ring (bicyclic) bond motifs is 21. The Morgan fingerprint density at radius 2 is 0.675 bits per heavy atom. The highest BCUT2D eigenvalue weighted by molar-refractivity contribution is 7.27. The van der Waals surface area contributed by atoms with Crippen molar-refractivity contribution in [2.75, 3.05) is 0 Å². The molecule has 0 aliphatic carbocycles. The molecule has 0 spiro atoms. The Morgan fingerprint density at radius 1 is 0.231 bits per heavy atom. The van der Waals surface area contributed by atoms with Gasteiger partial charge in [-0.05, 0) is 233 Å². The van der Waals surface area contributed by atoms with Crippen LogP contribution in [0.5, 0.6) is 0 Å². The highest BCUT2D eigenvalue weighted by Crippen LogP contribution is 2.51. The van der Waals surface area contributed by atoms with Crippen molar-refractivity contribution in [3.8, 4) is 33.4 Å². The van der Waals surface area contributed by atoms with Crippen molar-refractivity contribution in [1.82, 2.24) is 0 Å². The van der Waals surface area contributed by atoms with E-state index < -0.39 is 32.6 Å². The lowest BCUT2D eigenvalue weighted by Gasteiger charge is -2.32. The zero-order valence-electron chi connectivity index (χ0n) is 67.1. The predicted octanol–water partition coefficient (Wildman–Crippen LogP) is 27.7. The highest BCUT2D eigenvalue weighted by atomic mass is 32.1. The Bertz CT molecular complexity index is 7690. The fraction of sp³-hybridized carbons (Fsp3) is 0.176. The molecule has 6 aromatic heterocycles. The van der Waals surface area contributed by atoms with Crippen LogP contribution < -0.4 is 16.4 Å². The molecule has 0 bridgehead atoms. The monoisotopic (exact) mass is 1590 g/mol. The minimum absolute atomic E-state index is 0.379.